The summed E-state index contributed by atoms with van der Waals surface area (Å²) in [5, 5.41) is 4.08. The number of alkyl halides is 2. The molecule has 4 rings (SSSR count). The molecule has 7 heteroatoms. The molecule has 1 aliphatic rings. The second-order valence-electron chi connectivity index (χ2n) is 7.58. The number of nitrogens with zero attached hydrogens (tertiary/aromatic N) is 4. The van der Waals surface area contributed by atoms with Crippen LogP contribution in [0, 0.1) is 6.92 Å². The van der Waals surface area contributed by atoms with Gasteiger partial charge >= 0.3 is 0 Å². The highest BCUT2D eigenvalue weighted by Crippen LogP contribution is 2.28. The van der Waals surface area contributed by atoms with Crippen molar-refractivity contribution in [3.8, 4) is 11.3 Å². The maximum Gasteiger partial charge on any atom is 0.280 e. The first kappa shape index (κ1) is 19.5. The van der Waals surface area contributed by atoms with Crippen molar-refractivity contribution in [2.45, 2.75) is 52.0 Å². The van der Waals surface area contributed by atoms with Crippen molar-refractivity contribution in [1.82, 2.24) is 19.5 Å². The van der Waals surface area contributed by atoms with Crippen LogP contribution in [0.4, 0.5) is 8.78 Å². The number of hydrogen-bond donors (Lipinski definition) is 0. The Morgan fingerprint density at radius 2 is 2.00 bits per heavy atom. The molecule has 1 unspecified atom stereocenters. The zero-order valence-corrected chi connectivity index (χ0v) is 16.6. The van der Waals surface area contributed by atoms with Gasteiger partial charge in [0.1, 0.15) is 11.3 Å². The Morgan fingerprint density at radius 1 is 1.24 bits per heavy atom. The van der Waals surface area contributed by atoms with E-state index in [1.807, 2.05) is 36.1 Å². The van der Waals surface area contributed by atoms with Crippen molar-refractivity contribution in [1.29, 1.82) is 0 Å². The number of aryl methyl sites for hydroxylation is 1. The van der Waals surface area contributed by atoms with E-state index in [4.69, 9.17) is 0 Å². The molecule has 1 aromatic carbocycles. The molecule has 2 aromatic heterocycles. The molecule has 29 heavy (non-hydrogen) atoms. The molecule has 5 nitrogen and oxygen atoms in total. The van der Waals surface area contributed by atoms with Gasteiger partial charge in [0.25, 0.3) is 12.3 Å². The summed E-state index contributed by atoms with van der Waals surface area (Å²) in [6, 6.07) is 9.02. The number of benzene rings is 1. The van der Waals surface area contributed by atoms with Crippen LogP contribution in [0.15, 0.2) is 36.5 Å². The lowest BCUT2D eigenvalue weighted by atomic mass is 9.99. The van der Waals surface area contributed by atoms with E-state index in [1.54, 1.807) is 0 Å². The van der Waals surface area contributed by atoms with E-state index in [-0.39, 0.29) is 28.9 Å². The number of likely N-dealkylation sites (tertiary alicyclic amines) is 1. The van der Waals surface area contributed by atoms with E-state index in [0.29, 0.717) is 12.2 Å². The number of piperidine rings is 1. The second-order valence-corrected chi connectivity index (χ2v) is 7.58. The number of carbonyl (C=O) groups is 1. The van der Waals surface area contributed by atoms with Gasteiger partial charge in [0, 0.05) is 18.2 Å². The van der Waals surface area contributed by atoms with E-state index in [1.165, 1.54) is 12.3 Å². The van der Waals surface area contributed by atoms with Crippen molar-refractivity contribution < 1.29 is 13.6 Å². The molecule has 152 valence electrons. The van der Waals surface area contributed by atoms with Crippen LogP contribution in [-0.4, -0.2) is 38.0 Å². The fourth-order valence-corrected chi connectivity index (χ4v) is 4.01. The molecule has 0 bridgehead atoms. The maximum absolute atomic E-state index is 13.8. The van der Waals surface area contributed by atoms with Crippen molar-refractivity contribution in [2.24, 2.45) is 0 Å². The van der Waals surface area contributed by atoms with E-state index < -0.39 is 6.43 Å². The quantitative estimate of drug-likeness (QED) is 0.618. The number of aromatic nitrogens is 3. The SMILES string of the molecule is CCC1CCCCN1C(=O)c1cnn2c(C(F)F)cc(-c3ccc(C)cc3)nc12. The predicted molar refractivity (Wildman–Crippen MR) is 107 cm³/mol. The molecule has 1 amide bonds. The first-order valence-corrected chi connectivity index (χ1v) is 10.0. The molecule has 1 fully saturated rings. The van der Waals surface area contributed by atoms with E-state index in [2.05, 4.69) is 17.0 Å². The summed E-state index contributed by atoms with van der Waals surface area (Å²) in [4.78, 5) is 19.7. The molecular weight excluding hydrogens is 374 g/mol. The number of rotatable bonds is 4. The monoisotopic (exact) mass is 398 g/mol. The third-order valence-electron chi connectivity index (χ3n) is 5.66. The van der Waals surface area contributed by atoms with Crippen LogP contribution in [0.5, 0.6) is 0 Å². The number of amides is 1. The number of hydrogen-bond acceptors (Lipinski definition) is 3. The molecule has 0 radical (unpaired) electrons. The van der Waals surface area contributed by atoms with Crippen LogP contribution < -0.4 is 0 Å². The normalized spacial score (nSPS) is 17.3. The molecule has 0 saturated carbocycles. The van der Waals surface area contributed by atoms with Crippen LogP contribution in [0.25, 0.3) is 16.9 Å². The minimum Gasteiger partial charge on any atom is -0.336 e. The third kappa shape index (κ3) is 3.61. The summed E-state index contributed by atoms with van der Waals surface area (Å²) in [5.41, 5.74) is 2.40. The average Bonchev–Trinajstić information content (AvgIpc) is 3.16. The summed E-state index contributed by atoms with van der Waals surface area (Å²) in [5.74, 6) is -0.180. The molecule has 1 saturated heterocycles. The lowest BCUT2D eigenvalue weighted by Gasteiger charge is -2.35. The Kier molecular flexibility index (Phi) is 5.30. The fourth-order valence-electron chi connectivity index (χ4n) is 4.01. The Hall–Kier alpha value is -2.83. The third-order valence-corrected chi connectivity index (χ3v) is 5.66. The molecule has 1 atom stereocenters. The molecule has 3 aromatic rings. The lowest BCUT2D eigenvalue weighted by molar-refractivity contribution is 0.0609. The first-order chi connectivity index (χ1) is 14.0. The Balaban J connectivity index is 1.83. The Labute approximate surface area is 168 Å². The highest BCUT2D eigenvalue weighted by Gasteiger charge is 2.29. The number of fused-ring (bicyclic) bond motifs is 1. The standard InChI is InChI=1S/C22H24F2N4O/c1-3-16-6-4-5-11-27(16)22(29)17-13-25-28-19(20(23)24)12-18(26-21(17)28)15-9-7-14(2)8-10-15/h7-10,12-13,16,20H,3-6,11H2,1-2H3. The van der Waals surface area contributed by atoms with Gasteiger partial charge in [-0.2, -0.15) is 5.10 Å². The summed E-state index contributed by atoms with van der Waals surface area (Å²) in [7, 11) is 0. The Bertz CT molecular complexity index is 1030. The second kappa shape index (κ2) is 7.89. The van der Waals surface area contributed by atoms with Gasteiger partial charge in [0.2, 0.25) is 0 Å². The van der Waals surface area contributed by atoms with Crippen LogP contribution in [0.2, 0.25) is 0 Å². The Morgan fingerprint density at radius 3 is 2.69 bits per heavy atom. The van der Waals surface area contributed by atoms with Gasteiger partial charge < -0.3 is 4.90 Å². The highest BCUT2D eigenvalue weighted by molar-refractivity contribution is 6.00. The molecule has 3 heterocycles. The van der Waals surface area contributed by atoms with Crippen molar-refractivity contribution >= 4 is 11.6 Å². The summed E-state index contributed by atoms with van der Waals surface area (Å²) >= 11 is 0. The summed E-state index contributed by atoms with van der Waals surface area (Å²) in [6.45, 7) is 4.70. The zero-order valence-electron chi connectivity index (χ0n) is 16.6. The smallest absolute Gasteiger partial charge is 0.280 e. The molecular formula is C22H24F2N4O. The van der Waals surface area contributed by atoms with E-state index >= 15 is 0 Å². The van der Waals surface area contributed by atoms with Gasteiger partial charge in [-0.05, 0) is 38.7 Å². The predicted octanol–water partition coefficient (Wildman–Crippen LogP) is 5.05. The van der Waals surface area contributed by atoms with Gasteiger partial charge in [-0.3, -0.25) is 4.79 Å². The van der Waals surface area contributed by atoms with Crippen molar-refractivity contribution in [3.05, 3.63) is 53.3 Å². The zero-order chi connectivity index (χ0) is 20.5. The van der Waals surface area contributed by atoms with Gasteiger partial charge in [0.05, 0.1) is 11.9 Å². The van der Waals surface area contributed by atoms with Gasteiger partial charge in [-0.1, -0.05) is 36.8 Å². The minimum absolute atomic E-state index is 0.168. The topological polar surface area (TPSA) is 50.5 Å². The van der Waals surface area contributed by atoms with Crippen LogP contribution in [0.1, 0.15) is 60.6 Å². The first-order valence-electron chi connectivity index (χ1n) is 10.0. The average molecular weight is 398 g/mol. The summed E-state index contributed by atoms with van der Waals surface area (Å²) < 4.78 is 28.6. The molecule has 0 spiro atoms. The molecule has 0 aliphatic carbocycles. The van der Waals surface area contributed by atoms with Crippen molar-refractivity contribution in [2.75, 3.05) is 6.54 Å². The van der Waals surface area contributed by atoms with Crippen LogP contribution in [-0.2, 0) is 0 Å². The van der Waals surface area contributed by atoms with Gasteiger partial charge in [0.15, 0.2) is 5.65 Å². The largest absolute Gasteiger partial charge is 0.336 e. The van der Waals surface area contributed by atoms with Crippen LogP contribution >= 0.6 is 0 Å². The van der Waals surface area contributed by atoms with E-state index in [0.717, 1.165) is 41.3 Å². The number of halogens is 2. The summed E-state index contributed by atoms with van der Waals surface area (Å²) in [6.07, 6.45) is 2.53. The minimum atomic E-state index is -2.73. The molecule has 1 aliphatic heterocycles. The van der Waals surface area contributed by atoms with Gasteiger partial charge in [-0.25, -0.2) is 18.3 Å². The van der Waals surface area contributed by atoms with Crippen LogP contribution in [0.3, 0.4) is 0 Å². The molecule has 0 N–H and O–H groups in total. The highest BCUT2D eigenvalue weighted by atomic mass is 19.3. The number of carbonyl (C=O) groups excluding carboxylic acids is 1. The van der Waals surface area contributed by atoms with Gasteiger partial charge in [-0.15, -0.1) is 0 Å². The van der Waals surface area contributed by atoms with E-state index in [9.17, 15) is 13.6 Å². The lowest BCUT2D eigenvalue weighted by Crippen LogP contribution is -2.43. The maximum atomic E-state index is 13.8. The fraction of sp³-hybridized carbons (Fsp3) is 0.409. The van der Waals surface area contributed by atoms with Crippen molar-refractivity contribution in [3.63, 3.8) is 0 Å².